The van der Waals surface area contributed by atoms with Crippen molar-refractivity contribution >= 4 is 0 Å². The molecule has 0 rings (SSSR count). The Morgan fingerprint density at radius 2 is 1.64 bits per heavy atom. The predicted octanol–water partition coefficient (Wildman–Crippen LogP) is 2.24. The quantitative estimate of drug-likeness (QED) is 0.666. The zero-order valence-corrected chi connectivity index (χ0v) is 8.27. The van der Waals surface area contributed by atoms with Crippen molar-refractivity contribution in [3.05, 3.63) is 0 Å². The first-order valence-corrected chi connectivity index (χ1v) is 4.67. The van der Waals surface area contributed by atoms with Crippen molar-refractivity contribution < 1.29 is 23.4 Å². The number of aliphatic hydroxyl groups excluding tert-OH is 1. The van der Waals surface area contributed by atoms with Crippen LogP contribution in [0.5, 0.6) is 0 Å². The van der Waals surface area contributed by atoms with Crippen molar-refractivity contribution in [2.24, 2.45) is 0 Å². The maximum absolute atomic E-state index is 11.9. The van der Waals surface area contributed by atoms with Gasteiger partial charge in [0.05, 0.1) is 12.0 Å². The third-order valence-corrected chi connectivity index (χ3v) is 1.95. The Hall–Kier alpha value is -0.290. The predicted molar refractivity (Wildman–Crippen MR) is 46.8 cm³/mol. The first-order valence-electron chi connectivity index (χ1n) is 4.67. The van der Waals surface area contributed by atoms with Crippen LogP contribution in [0.3, 0.4) is 0 Å². The summed E-state index contributed by atoms with van der Waals surface area (Å²) in [6.07, 6.45) is -3.65. The average molecular weight is 214 g/mol. The van der Waals surface area contributed by atoms with Gasteiger partial charge in [0.1, 0.15) is 0 Å². The van der Waals surface area contributed by atoms with Crippen molar-refractivity contribution in [1.29, 1.82) is 0 Å². The number of aliphatic hydroxyl groups is 2. The van der Waals surface area contributed by atoms with Gasteiger partial charge in [-0.15, -0.1) is 0 Å². The molecule has 0 fully saturated rings. The molecule has 0 bridgehead atoms. The summed E-state index contributed by atoms with van der Waals surface area (Å²) < 4.78 is 35.8. The van der Waals surface area contributed by atoms with Gasteiger partial charge in [-0.25, -0.2) is 0 Å². The molecule has 0 amide bonds. The van der Waals surface area contributed by atoms with Crippen LogP contribution < -0.4 is 0 Å². The van der Waals surface area contributed by atoms with Crippen LogP contribution in [-0.4, -0.2) is 28.6 Å². The van der Waals surface area contributed by atoms with Gasteiger partial charge in [0, 0.05) is 6.61 Å². The molecule has 5 heteroatoms. The van der Waals surface area contributed by atoms with Gasteiger partial charge in [-0.1, -0.05) is 12.8 Å². The van der Waals surface area contributed by atoms with E-state index in [0.717, 1.165) is 0 Å². The molecule has 0 aromatic carbocycles. The maximum Gasteiger partial charge on any atom is 0.391 e. The molecule has 2 nitrogen and oxygen atoms in total. The highest BCUT2D eigenvalue weighted by molar-refractivity contribution is 4.76. The smallest absolute Gasteiger partial charge is 0.391 e. The first-order chi connectivity index (χ1) is 6.27. The van der Waals surface area contributed by atoms with E-state index in [4.69, 9.17) is 5.11 Å². The lowest BCUT2D eigenvalue weighted by Gasteiger charge is -2.24. The number of rotatable bonds is 6. The van der Waals surface area contributed by atoms with E-state index in [0.29, 0.717) is 19.3 Å². The Labute approximate surface area is 81.7 Å². The summed E-state index contributed by atoms with van der Waals surface area (Å²) in [5.41, 5.74) is -1.67. The summed E-state index contributed by atoms with van der Waals surface area (Å²) in [6, 6.07) is 0. The average Bonchev–Trinajstić information content (AvgIpc) is 1.93. The summed E-state index contributed by atoms with van der Waals surface area (Å²) in [4.78, 5) is 0. The van der Waals surface area contributed by atoms with Gasteiger partial charge < -0.3 is 10.2 Å². The lowest BCUT2D eigenvalue weighted by atomic mass is 9.94. The monoisotopic (exact) mass is 214 g/mol. The molecule has 0 aliphatic rings. The highest BCUT2D eigenvalue weighted by Gasteiger charge is 2.37. The molecule has 86 valence electrons. The number of hydrogen-bond donors (Lipinski definition) is 2. The molecule has 0 aromatic rings. The van der Waals surface area contributed by atoms with Crippen LogP contribution in [0.25, 0.3) is 0 Å². The van der Waals surface area contributed by atoms with Crippen LogP contribution in [0.15, 0.2) is 0 Å². The second-order valence-electron chi connectivity index (χ2n) is 3.82. The Morgan fingerprint density at radius 1 is 1.07 bits per heavy atom. The summed E-state index contributed by atoms with van der Waals surface area (Å²) in [7, 11) is 0. The fourth-order valence-corrected chi connectivity index (χ4v) is 1.31. The normalized spacial score (nSPS) is 16.7. The van der Waals surface area contributed by atoms with Gasteiger partial charge in [-0.05, 0) is 19.8 Å². The van der Waals surface area contributed by atoms with Crippen molar-refractivity contribution in [3.63, 3.8) is 0 Å². The SMILES string of the molecule is CC(O)(CCCCCO)CC(F)(F)F. The van der Waals surface area contributed by atoms with Crippen LogP contribution in [0.1, 0.15) is 39.0 Å². The van der Waals surface area contributed by atoms with Crippen LogP contribution in [0.2, 0.25) is 0 Å². The molecular weight excluding hydrogens is 197 g/mol. The molecule has 1 atom stereocenters. The zero-order valence-electron chi connectivity index (χ0n) is 8.27. The number of unbranched alkanes of at least 4 members (excludes halogenated alkanes) is 2. The largest absolute Gasteiger partial charge is 0.396 e. The molecule has 0 aliphatic heterocycles. The Balaban J connectivity index is 3.72. The van der Waals surface area contributed by atoms with Crippen molar-refractivity contribution in [2.75, 3.05) is 6.61 Å². The van der Waals surface area contributed by atoms with Crippen LogP contribution in [0, 0.1) is 0 Å². The summed E-state index contributed by atoms with van der Waals surface area (Å²) in [5, 5.41) is 17.8. The zero-order chi connectivity index (χ0) is 11.2. The fraction of sp³-hybridized carbons (Fsp3) is 1.00. The minimum Gasteiger partial charge on any atom is -0.396 e. The Morgan fingerprint density at radius 3 is 2.07 bits per heavy atom. The maximum atomic E-state index is 11.9. The van der Waals surface area contributed by atoms with Crippen molar-refractivity contribution in [1.82, 2.24) is 0 Å². The summed E-state index contributed by atoms with van der Waals surface area (Å²) in [6.45, 7) is 1.24. The lowest BCUT2D eigenvalue weighted by molar-refractivity contribution is -0.173. The second-order valence-corrected chi connectivity index (χ2v) is 3.82. The lowest BCUT2D eigenvalue weighted by Crippen LogP contribution is -2.31. The topological polar surface area (TPSA) is 40.5 Å². The molecule has 1 unspecified atom stereocenters. The molecule has 2 N–H and O–H groups in total. The standard InChI is InChI=1S/C9H17F3O2/c1-8(14,7-9(10,11)12)5-3-2-4-6-13/h13-14H,2-7H2,1H3. The van der Waals surface area contributed by atoms with Crippen LogP contribution in [0.4, 0.5) is 13.2 Å². The number of alkyl halides is 3. The van der Waals surface area contributed by atoms with E-state index in [1.54, 1.807) is 0 Å². The van der Waals surface area contributed by atoms with Gasteiger partial charge in [0.15, 0.2) is 0 Å². The van der Waals surface area contributed by atoms with Gasteiger partial charge in [0.25, 0.3) is 0 Å². The highest BCUT2D eigenvalue weighted by Crippen LogP contribution is 2.30. The molecule has 0 saturated heterocycles. The van der Waals surface area contributed by atoms with Crippen LogP contribution in [-0.2, 0) is 0 Å². The minimum atomic E-state index is -4.32. The van der Waals surface area contributed by atoms with Gasteiger partial charge in [-0.3, -0.25) is 0 Å². The molecule has 0 aromatic heterocycles. The molecule has 0 heterocycles. The molecule has 14 heavy (non-hydrogen) atoms. The molecule has 0 aliphatic carbocycles. The van der Waals surface area contributed by atoms with E-state index < -0.39 is 18.2 Å². The Kier molecular flexibility index (Phi) is 5.44. The van der Waals surface area contributed by atoms with E-state index in [2.05, 4.69) is 0 Å². The van der Waals surface area contributed by atoms with E-state index >= 15 is 0 Å². The third kappa shape index (κ3) is 8.31. The van der Waals surface area contributed by atoms with E-state index in [1.807, 2.05) is 0 Å². The van der Waals surface area contributed by atoms with Crippen molar-refractivity contribution in [3.8, 4) is 0 Å². The summed E-state index contributed by atoms with van der Waals surface area (Å²) >= 11 is 0. The molecule has 0 spiro atoms. The van der Waals surface area contributed by atoms with Gasteiger partial charge >= 0.3 is 6.18 Å². The fourth-order valence-electron chi connectivity index (χ4n) is 1.31. The van der Waals surface area contributed by atoms with E-state index in [9.17, 15) is 18.3 Å². The van der Waals surface area contributed by atoms with E-state index in [1.165, 1.54) is 6.92 Å². The minimum absolute atomic E-state index is 0.0431. The highest BCUT2D eigenvalue weighted by atomic mass is 19.4. The first kappa shape index (κ1) is 13.7. The molecular formula is C9H17F3O2. The third-order valence-electron chi connectivity index (χ3n) is 1.95. The molecule has 0 saturated carbocycles. The number of hydrogen-bond acceptors (Lipinski definition) is 2. The van der Waals surface area contributed by atoms with Crippen LogP contribution >= 0.6 is 0 Å². The van der Waals surface area contributed by atoms with E-state index in [-0.39, 0.29) is 13.0 Å². The molecule has 0 radical (unpaired) electrons. The second kappa shape index (κ2) is 5.56. The van der Waals surface area contributed by atoms with Crippen molar-refractivity contribution in [2.45, 2.75) is 50.8 Å². The van der Waals surface area contributed by atoms with Gasteiger partial charge in [0.2, 0.25) is 0 Å². The van der Waals surface area contributed by atoms with Gasteiger partial charge in [-0.2, -0.15) is 13.2 Å². The summed E-state index contributed by atoms with van der Waals surface area (Å²) in [5.74, 6) is 0. The number of halogens is 3. The Bertz CT molecular complexity index is 155.